The molecule has 0 unspecified atom stereocenters. The Morgan fingerprint density at radius 3 is 2.36 bits per heavy atom. The molecule has 0 radical (unpaired) electrons. The summed E-state index contributed by atoms with van der Waals surface area (Å²) in [6.45, 7) is 0.250. The van der Waals surface area contributed by atoms with Crippen LogP contribution in [0.5, 0.6) is 0 Å². The highest BCUT2D eigenvalue weighted by atomic mass is 16.5. The summed E-state index contributed by atoms with van der Waals surface area (Å²) in [5.74, 6) is -3.46. The van der Waals surface area contributed by atoms with Crippen molar-refractivity contribution in [2.75, 3.05) is 6.54 Å². The van der Waals surface area contributed by atoms with Crippen molar-refractivity contribution in [1.82, 2.24) is 9.80 Å². The van der Waals surface area contributed by atoms with Crippen molar-refractivity contribution in [2.45, 2.75) is 56.7 Å². The molecule has 2 saturated heterocycles. The molecule has 4 atom stereocenters. The number of carboxylic acid groups (broad SMARTS) is 1. The summed E-state index contributed by atoms with van der Waals surface area (Å²) in [6.07, 6.45) is 4.35. The van der Waals surface area contributed by atoms with E-state index >= 15 is 0 Å². The van der Waals surface area contributed by atoms with Gasteiger partial charge in [0.2, 0.25) is 5.91 Å². The highest BCUT2D eigenvalue weighted by Gasteiger charge is 2.53. The molecule has 3 aliphatic heterocycles. The van der Waals surface area contributed by atoms with Crippen LogP contribution in [0.4, 0.5) is 0 Å². The number of piperidine rings is 1. The zero-order chi connectivity index (χ0) is 23.5. The first-order valence-corrected chi connectivity index (χ1v) is 11.2. The Balaban J connectivity index is 1.35. The van der Waals surface area contributed by atoms with Crippen LogP contribution in [-0.2, 0) is 23.9 Å². The Bertz CT molecular complexity index is 972. The minimum atomic E-state index is -1.08. The SMILES string of the molecule is O=C(O[C@H]1C[C@@H]2CC[C@H]([C@H]1C(=O)O)N2C(=O)CCCCN1C(=O)C=CC1=O)c1ccccc1. The van der Waals surface area contributed by atoms with Crippen LogP contribution < -0.4 is 0 Å². The number of imide groups is 1. The Morgan fingerprint density at radius 1 is 1.00 bits per heavy atom. The van der Waals surface area contributed by atoms with Crippen LogP contribution in [0, 0.1) is 5.92 Å². The second-order valence-corrected chi connectivity index (χ2v) is 8.63. The average molecular weight is 454 g/mol. The van der Waals surface area contributed by atoms with E-state index in [9.17, 15) is 29.1 Å². The van der Waals surface area contributed by atoms with Gasteiger partial charge in [0.1, 0.15) is 12.0 Å². The van der Waals surface area contributed by atoms with E-state index < -0.39 is 30.0 Å². The van der Waals surface area contributed by atoms with Crippen LogP contribution in [0.1, 0.15) is 48.9 Å². The normalized spacial score (nSPS) is 26.1. The second kappa shape index (κ2) is 9.56. The second-order valence-electron chi connectivity index (χ2n) is 8.63. The number of fused-ring (bicyclic) bond motifs is 2. The maximum atomic E-state index is 13.0. The molecule has 1 aromatic carbocycles. The molecule has 0 spiro atoms. The molecular weight excluding hydrogens is 428 g/mol. The van der Waals surface area contributed by atoms with Gasteiger partial charge in [-0.2, -0.15) is 0 Å². The number of carbonyl (C=O) groups excluding carboxylic acids is 4. The molecule has 9 nitrogen and oxygen atoms in total. The third kappa shape index (κ3) is 4.67. The van der Waals surface area contributed by atoms with Crippen molar-refractivity contribution in [3.63, 3.8) is 0 Å². The molecule has 33 heavy (non-hydrogen) atoms. The Labute approximate surface area is 191 Å². The van der Waals surface area contributed by atoms with Crippen molar-refractivity contribution in [3.05, 3.63) is 48.0 Å². The number of hydrogen-bond donors (Lipinski definition) is 1. The molecule has 3 heterocycles. The average Bonchev–Trinajstić information content (AvgIpc) is 3.28. The summed E-state index contributed by atoms with van der Waals surface area (Å²) < 4.78 is 5.60. The fourth-order valence-electron chi connectivity index (χ4n) is 5.10. The molecule has 1 N–H and O–H groups in total. The smallest absolute Gasteiger partial charge is 0.338 e. The van der Waals surface area contributed by atoms with Crippen LogP contribution >= 0.6 is 0 Å². The first-order valence-electron chi connectivity index (χ1n) is 11.2. The zero-order valence-electron chi connectivity index (χ0n) is 18.1. The molecule has 0 aliphatic carbocycles. The third-order valence-electron chi connectivity index (χ3n) is 6.63. The van der Waals surface area contributed by atoms with Gasteiger partial charge in [-0.25, -0.2) is 4.79 Å². The van der Waals surface area contributed by atoms with Crippen LogP contribution in [0.3, 0.4) is 0 Å². The Morgan fingerprint density at radius 2 is 1.70 bits per heavy atom. The van der Waals surface area contributed by atoms with Gasteiger partial charge in [-0.1, -0.05) is 18.2 Å². The number of benzene rings is 1. The lowest BCUT2D eigenvalue weighted by Crippen LogP contribution is -2.56. The van der Waals surface area contributed by atoms with E-state index in [4.69, 9.17) is 4.74 Å². The Hall–Kier alpha value is -3.49. The van der Waals surface area contributed by atoms with Gasteiger partial charge < -0.3 is 14.7 Å². The monoisotopic (exact) mass is 454 g/mol. The number of nitrogens with zero attached hydrogens (tertiary/aromatic N) is 2. The van der Waals surface area contributed by atoms with Crippen molar-refractivity contribution in [3.8, 4) is 0 Å². The standard InChI is InChI=1S/C24H26N2O7/c27-19-11-12-20(28)25(19)13-5-4-8-21(29)26-16-9-10-17(26)22(23(30)31)18(14-16)33-24(32)15-6-2-1-3-7-15/h1-3,6-7,11-12,16-18,22H,4-5,8-10,13-14H2,(H,30,31)/t16-,17+,18-,22+/m0/s1. The fourth-order valence-corrected chi connectivity index (χ4v) is 5.10. The van der Waals surface area contributed by atoms with Gasteiger partial charge in [0.25, 0.3) is 11.8 Å². The van der Waals surface area contributed by atoms with Crippen LogP contribution in [0.15, 0.2) is 42.5 Å². The zero-order valence-corrected chi connectivity index (χ0v) is 18.1. The minimum Gasteiger partial charge on any atom is -0.481 e. The number of rotatable bonds is 8. The maximum absolute atomic E-state index is 13.0. The van der Waals surface area contributed by atoms with Gasteiger partial charge in [0.05, 0.1) is 5.56 Å². The summed E-state index contributed by atoms with van der Waals surface area (Å²) in [5.41, 5.74) is 0.359. The number of unbranched alkanes of at least 4 members (excludes halogenated alkanes) is 1. The van der Waals surface area contributed by atoms with Gasteiger partial charge in [0, 0.05) is 43.6 Å². The van der Waals surface area contributed by atoms with Crippen LogP contribution in [0.25, 0.3) is 0 Å². The highest BCUT2D eigenvalue weighted by molar-refractivity contribution is 6.12. The van der Waals surface area contributed by atoms with Gasteiger partial charge >= 0.3 is 11.9 Å². The topological polar surface area (TPSA) is 121 Å². The first kappa shape index (κ1) is 22.7. The van der Waals surface area contributed by atoms with Crippen molar-refractivity contribution in [2.24, 2.45) is 5.92 Å². The van der Waals surface area contributed by atoms with Crippen molar-refractivity contribution >= 4 is 29.7 Å². The number of carboxylic acids is 1. The number of hydrogen-bond acceptors (Lipinski definition) is 6. The molecule has 2 bridgehead atoms. The lowest BCUT2D eigenvalue weighted by molar-refractivity contribution is -0.157. The molecule has 9 heteroatoms. The molecular formula is C24H26N2O7. The summed E-state index contributed by atoms with van der Waals surface area (Å²) in [5, 5.41) is 9.89. The quantitative estimate of drug-likeness (QED) is 0.361. The number of amides is 3. The molecule has 4 rings (SSSR count). The Kier molecular flexibility index (Phi) is 6.57. The fraction of sp³-hybridized carbons (Fsp3) is 0.458. The van der Waals surface area contributed by atoms with Crippen molar-refractivity contribution in [1.29, 1.82) is 0 Å². The molecule has 3 amide bonds. The molecule has 0 aromatic heterocycles. The van der Waals surface area contributed by atoms with Gasteiger partial charge in [-0.05, 0) is 37.8 Å². The summed E-state index contributed by atoms with van der Waals surface area (Å²) in [4.78, 5) is 63.6. The largest absolute Gasteiger partial charge is 0.481 e. The number of ether oxygens (including phenoxy) is 1. The molecule has 3 aliphatic rings. The van der Waals surface area contributed by atoms with E-state index in [0.717, 1.165) is 4.90 Å². The van der Waals surface area contributed by atoms with Crippen LogP contribution in [-0.4, -0.2) is 69.3 Å². The molecule has 1 aromatic rings. The van der Waals surface area contributed by atoms with E-state index in [0.29, 0.717) is 37.7 Å². The number of aliphatic carboxylic acids is 1. The highest BCUT2D eigenvalue weighted by Crippen LogP contribution is 2.41. The molecule has 0 saturated carbocycles. The van der Waals surface area contributed by atoms with Crippen molar-refractivity contribution < 1.29 is 33.8 Å². The third-order valence-corrected chi connectivity index (χ3v) is 6.63. The van der Waals surface area contributed by atoms with Gasteiger partial charge in [-0.3, -0.25) is 24.1 Å². The predicted octanol–water partition coefficient (Wildman–Crippen LogP) is 1.77. The molecule has 2 fully saturated rings. The van der Waals surface area contributed by atoms with E-state index in [-0.39, 0.29) is 36.7 Å². The minimum absolute atomic E-state index is 0.140. The number of esters is 1. The van der Waals surface area contributed by atoms with E-state index in [2.05, 4.69) is 0 Å². The van der Waals surface area contributed by atoms with Gasteiger partial charge in [-0.15, -0.1) is 0 Å². The van der Waals surface area contributed by atoms with Crippen LogP contribution in [0.2, 0.25) is 0 Å². The van der Waals surface area contributed by atoms with E-state index in [1.807, 2.05) is 0 Å². The van der Waals surface area contributed by atoms with E-state index in [1.54, 1.807) is 35.2 Å². The summed E-state index contributed by atoms with van der Waals surface area (Å²) in [7, 11) is 0. The summed E-state index contributed by atoms with van der Waals surface area (Å²) >= 11 is 0. The van der Waals surface area contributed by atoms with E-state index in [1.165, 1.54) is 12.2 Å². The van der Waals surface area contributed by atoms with Gasteiger partial charge in [0.15, 0.2) is 0 Å². The molecule has 174 valence electrons. The first-order chi connectivity index (χ1) is 15.9. The predicted molar refractivity (Wildman–Crippen MR) is 115 cm³/mol. The maximum Gasteiger partial charge on any atom is 0.338 e. The lowest BCUT2D eigenvalue weighted by Gasteiger charge is -2.42. The summed E-state index contributed by atoms with van der Waals surface area (Å²) in [6, 6.07) is 7.74. The lowest BCUT2D eigenvalue weighted by atomic mass is 9.86. The number of carbonyl (C=O) groups is 5.